The molecule has 0 spiro atoms. The molecular weight excluding hydrogens is 519 g/mol. The van der Waals surface area contributed by atoms with Crippen molar-refractivity contribution >= 4 is 51.6 Å². The van der Waals surface area contributed by atoms with Gasteiger partial charge >= 0.3 is 0 Å². The number of rotatable bonds is 4. The van der Waals surface area contributed by atoms with Crippen LogP contribution in [0.4, 0.5) is 16.0 Å². The molecule has 1 N–H and O–H groups in total. The minimum Gasteiger partial charge on any atom is -0.340 e. The van der Waals surface area contributed by atoms with Gasteiger partial charge in [0.1, 0.15) is 18.2 Å². The predicted octanol–water partition coefficient (Wildman–Crippen LogP) is 5.08. The van der Waals surface area contributed by atoms with Crippen LogP contribution in [-0.4, -0.2) is 53.9 Å². The Bertz CT molecular complexity index is 1790. The van der Waals surface area contributed by atoms with Crippen LogP contribution < -0.4 is 5.32 Å². The molecule has 11 heteroatoms. The van der Waals surface area contributed by atoms with Gasteiger partial charge in [-0.05, 0) is 47.7 Å². The van der Waals surface area contributed by atoms with Crippen LogP contribution in [0.25, 0.3) is 33.5 Å². The van der Waals surface area contributed by atoms with Crippen LogP contribution in [0.15, 0.2) is 55.2 Å². The molecule has 1 amide bonds. The highest BCUT2D eigenvalue weighted by Gasteiger charge is 2.24. The first-order valence-corrected chi connectivity index (χ1v) is 12.6. The smallest absolute Gasteiger partial charge is 0.244 e. The first kappa shape index (κ1) is 24.7. The van der Waals surface area contributed by atoms with Crippen molar-refractivity contribution in [2.24, 2.45) is 7.05 Å². The van der Waals surface area contributed by atoms with Gasteiger partial charge in [0.2, 0.25) is 5.91 Å². The lowest BCUT2D eigenvalue weighted by atomic mass is 9.99. The van der Waals surface area contributed by atoms with E-state index in [1.807, 2.05) is 38.4 Å². The van der Waals surface area contributed by atoms with Gasteiger partial charge in [0.15, 0.2) is 5.82 Å². The number of nitrogens with one attached hydrogen (secondary N) is 1. The van der Waals surface area contributed by atoms with Crippen molar-refractivity contribution in [3.63, 3.8) is 0 Å². The molecule has 0 saturated carbocycles. The number of fused-ring (bicyclic) bond motifs is 2. The van der Waals surface area contributed by atoms with E-state index in [4.69, 9.17) is 11.6 Å². The summed E-state index contributed by atoms with van der Waals surface area (Å²) < 4.78 is 18.6. The first-order valence-electron chi connectivity index (χ1n) is 12.2. The number of aromatic nitrogens is 6. The molecule has 196 valence electrons. The van der Waals surface area contributed by atoms with Gasteiger partial charge in [0.05, 0.1) is 16.9 Å². The summed E-state index contributed by atoms with van der Waals surface area (Å²) in [6, 6.07) is 7.27. The summed E-state index contributed by atoms with van der Waals surface area (Å²) in [5.41, 5.74) is 4.61. The van der Waals surface area contributed by atoms with Crippen molar-refractivity contribution in [3.05, 3.63) is 82.9 Å². The highest BCUT2D eigenvalue weighted by Crippen LogP contribution is 2.36. The van der Waals surface area contributed by atoms with E-state index >= 15 is 4.39 Å². The molecule has 0 aliphatic carbocycles. The molecule has 1 aliphatic rings. The molecule has 0 radical (unpaired) electrons. The monoisotopic (exact) mass is 542 g/mol. The molecule has 1 aromatic carbocycles. The quantitative estimate of drug-likeness (QED) is 0.340. The lowest BCUT2D eigenvalue weighted by Crippen LogP contribution is -2.28. The molecule has 0 unspecified atom stereocenters. The zero-order valence-electron chi connectivity index (χ0n) is 21.5. The molecule has 0 bridgehead atoms. The Labute approximate surface area is 228 Å². The Hall–Kier alpha value is -4.57. The van der Waals surface area contributed by atoms with Crippen LogP contribution in [0, 0.1) is 12.7 Å². The number of carbonyl (C=O) groups excluding carboxylic acids is 1. The summed E-state index contributed by atoms with van der Waals surface area (Å²) in [5, 5.41) is 13.3. The summed E-state index contributed by atoms with van der Waals surface area (Å²) in [4.78, 5) is 22.9. The number of aryl methyl sites for hydroxylation is 2. The van der Waals surface area contributed by atoms with E-state index in [-0.39, 0.29) is 17.5 Å². The summed E-state index contributed by atoms with van der Waals surface area (Å²) in [7, 11) is 3.63. The van der Waals surface area contributed by atoms with Crippen LogP contribution >= 0.6 is 11.6 Å². The van der Waals surface area contributed by atoms with Crippen LogP contribution in [0.2, 0.25) is 5.02 Å². The van der Waals surface area contributed by atoms with Gasteiger partial charge in [-0.1, -0.05) is 11.6 Å². The fourth-order valence-electron chi connectivity index (χ4n) is 4.74. The fraction of sp³-hybridized carbons (Fsp3) is 0.179. The molecular formula is C28H24ClFN8O. The van der Waals surface area contributed by atoms with E-state index in [1.54, 1.807) is 52.0 Å². The number of hydrogen-bond acceptors (Lipinski definition) is 6. The number of carbonyl (C=O) groups is 1. The third kappa shape index (κ3) is 4.63. The molecule has 5 heterocycles. The first-order chi connectivity index (χ1) is 18.8. The molecule has 6 rings (SSSR count). The lowest BCUT2D eigenvalue weighted by molar-refractivity contribution is -0.129. The van der Waals surface area contributed by atoms with Gasteiger partial charge in [-0.25, -0.2) is 9.37 Å². The maximum atomic E-state index is 15.2. The van der Waals surface area contributed by atoms with Gasteiger partial charge in [-0.2, -0.15) is 10.2 Å². The Kier molecular flexibility index (Phi) is 6.11. The normalized spacial score (nSPS) is 14.6. The average Bonchev–Trinajstić information content (AvgIpc) is 3.48. The Morgan fingerprint density at radius 2 is 1.92 bits per heavy atom. The van der Waals surface area contributed by atoms with E-state index in [0.717, 1.165) is 22.4 Å². The van der Waals surface area contributed by atoms with Gasteiger partial charge < -0.3 is 10.2 Å². The molecule has 9 nitrogen and oxygen atoms in total. The second-order valence-corrected chi connectivity index (χ2v) is 9.98. The van der Waals surface area contributed by atoms with E-state index in [2.05, 4.69) is 25.5 Å². The van der Waals surface area contributed by atoms with Crippen LogP contribution in [0.5, 0.6) is 0 Å². The maximum Gasteiger partial charge on any atom is 0.244 e. The third-order valence-corrected chi connectivity index (χ3v) is 7.15. The number of hydrogen-bond donors (Lipinski definition) is 1. The summed E-state index contributed by atoms with van der Waals surface area (Å²) in [6.07, 6.45) is 10.5. The number of anilines is 2. The number of halogens is 2. The maximum absolute atomic E-state index is 15.2. The molecule has 1 aliphatic heterocycles. The van der Waals surface area contributed by atoms with Crippen LogP contribution in [0.1, 0.15) is 16.8 Å². The Morgan fingerprint density at radius 3 is 2.69 bits per heavy atom. The van der Waals surface area contributed by atoms with Crippen molar-refractivity contribution in [1.82, 2.24) is 34.4 Å². The molecule has 0 atom stereocenters. The number of nitrogens with zero attached hydrogens (tertiary/aromatic N) is 7. The van der Waals surface area contributed by atoms with Crippen molar-refractivity contribution in [2.45, 2.75) is 13.5 Å². The van der Waals surface area contributed by atoms with Crippen molar-refractivity contribution in [2.75, 3.05) is 18.9 Å². The fourth-order valence-corrected chi connectivity index (χ4v) is 5.00. The predicted molar refractivity (Wildman–Crippen MR) is 149 cm³/mol. The largest absolute Gasteiger partial charge is 0.340 e. The van der Waals surface area contributed by atoms with Crippen molar-refractivity contribution in [1.29, 1.82) is 0 Å². The number of pyridine rings is 2. The zero-order valence-corrected chi connectivity index (χ0v) is 22.2. The molecule has 0 fully saturated rings. The van der Waals surface area contributed by atoms with Crippen molar-refractivity contribution < 1.29 is 9.18 Å². The summed E-state index contributed by atoms with van der Waals surface area (Å²) >= 11 is 6.42. The van der Waals surface area contributed by atoms with Crippen LogP contribution in [-0.2, 0) is 18.4 Å². The van der Waals surface area contributed by atoms with Gasteiger partial charge in [0, 0.05) is 73.6 Å². The number of amides is 1. The van der Waals surface area contributed by atoms with Crippen molar-refractivity contribution in [3.8, 4) is 11.1 Å². The minimum absolute atomic E-state index is 0.00585. The Balaban J connectivity index is 1.38. The van der Waals surface area contributed by atoms with Gasteiger partial charge in [-0.15, -0.1) is 0 Å². The van der Waals surface area contributed by atoms with E-state index in [0.29, 0.717) is 40.1 Å². The van der Waals surface area contributed by atoms with Gasteiger partial charge in [0.25, 0.3) is 0 Å². The second-order valence-electron chi connectivity index (χ2n) is 9.60. The molecule has 39 heavy (non-hydrogen) atoms. The molecule has 4 aromatic heterocycles. The topological polar surface area (TPSA) is 93.8 Å². The second kappa shape index (κ2) is 9.63. The molecule has 0 saturated heterocycles. The Morgan fingerprint density at radius 1 is 1.08 bits per heavy atom. The van der Waals surface area contributed by atoms with Gasteiger partial charge in [-0.3, -0.25) is 19.1 Å². The van der Waals surface area contributed by atoms with Crippen LogP contribution in [0.3, 0.4) is 0 Å². The van der Waals surface area contributed by atoms with E-state index in [1.165, 1.54) is 6.20 Å². The number of likely N-dealkylation sites (N-methyl/N-ethyl adjacent to an activating group) is 1. The standard InChI is InChI=1S/C28H24ClFN8O/c1-16-4-5-31-11-21(16)20-7-18-8-24(32-12-22(18)27(29)28(20)30)34-25-9-23-19(6-17-10-33-37(3)13-17)14-36(2)26(39)15-38(23)35-25/h4-13H,14-15H2,1-3H3,(H,32,34,35)/b19-6+. The van der Waals surface area contributed by atoms with E-state index in [9.17, 15) is 4.79 Å². The average molecular weight is 543 g/mol. The molecule has 5 aromatic rings. The summed E-state index contributed by atoms with van der Waals surface area (Å²) in [6.45, 7) is 2.45. The number of benzene rings is 1. The highest BCUT2D eigenvalue weighted by atomic mass is 35.5. The zero-order chi connectivity index (χ0) is 27.3. The van der Waals surface area contributed by atoms with E-state index < -0.39 is 5.82 Å². The SMILES string of the molecule is Cc1ccncc1-c1cc2cc(Nc3cc4n(n3)CC(=O)N(C)C/C4=C\c3cnn(C)c3)ncc2c(Cl)c1F. The lowest BCUT2D eigenvalue weighted by Gasteiger charge is -2.14. The third-order valence-electron chi connectivity index (χ3n) is 6.78. The summed E-state index contributed by atoms with van der Waals surface area (Å²) in [5.74, 6) is 0.485. The highest BCUT2D eigenvalue weighted by molar-refractivity contribution is 6.36. The minimum atomic E-state index is -0.511.